The first-order valence-corrected chi connectivity index (χ1v) is 12.3. The lowest BCUT2D eigenvalue weighted by Crippen LogP contribution is -2.46. The third-order valence-electron chi connectivity index (χ3n) is 4.02. The van der Waals surface area contributed by atoms with Gasteiger partial charge in [-0.15, -0.1) is 0 Å². The Labute approximate surface area is 152 Å². The molecule has 0 aliphatic heterocycles. The molecule has 2 N–H and O–H groups in total. The smallest absolute Gasteiger partial charge is 0.373 e. The molecule has 0 spiro atoms. The quantitative estimate of drug-likeness (QED) is 0.251. The number of hydrogen-bond donors (Lipinski definition) is 1. The molecule has 0 heterocycles. The molecule has 0 aromatic heterocycles. The van der Waals surface area contributed by atoms with Crippen molar-refractivity contribution >= 4 is 8.80 Å². The molecule has 0 aliphatic carbocycles. The van der Waals surface area contributed by atoms with Gasteiger partial charge in [0.25, 0.3) is 0 Å². The fourth-order valence-electron chi connectivity index (χ4n) is 2.66. The van der Waals surface area contributed by atoms with Gasteiger partial charge in [0.2, 0.25) is 0 Å². The summed E-state index contributed by atoms with van der Waals surface area (Å²) in [6, 6.07) is 0.972. The van der Waals surface area contributed by atoms with Crippen LogP contribution in [0.4, 0.5) is 0 Å². The Kier molecular flexibility index (Phi) is 17.9. The normalized spacial score (nSPS) is 12.0. The molecule has 24 heavy (non-hydrogen) atoms. The van der Waals surface area contributed by atoms with Crippen molar-refractivity contribution in [3.8, 4) is 0 Å². The fourth-order valence-corrected chi connectivity index (χ4v) is 5.57. The Morgan fingerprint density at radius 1 is 0.583 bits per heavy atom. The van der Waals surface area contributed by atoms with Crippen LogP contribution in [0.1, 0.15) is 91.4 Å². The van der Waals surface area contributed by atoms with E-state index in [1.807, 2.05) is 0 Å². The van der Waals surface area contributed by atoms with Crippen LogP contribution < -0.4 is 5.73 Å². The highest BCUT2D eigenvalue weighted by molar-refractivity contribution is 6.60. The van der Waals surface area contributed by atoms with Gasteiger partial charge in [0, 0.05) is 25.9 Å². The van der Waals surface area contributed by atoms with E-state index < -0.39 is 8.80 Å². The molecule has 0 fully saturated rings. The van der Waals surface area contributed by atoms with Crippen molar-refractivity contribution in [1.82, 2.24) is 0 Å². The van der Waals surface area contributed by atoms with Gasteiger partial charge in [-0.3, -0.25) is 0 Å². The molecule has 0 bridgehead atoms. The Balaban J connectivity index is 4.07. The molecule has 5 heteroatoms. The van der Waals surface area contributed by atoms with Crippen LogP contribution >= 0.6 is 0 Å². The molecular formula is C19H43NO3Si. The summed E-state index contributed by atoms with van der Waals surface area (Å²) >= 11 is 0. The van der Waals surface area contributed by atoms with Crippen molar-refractivity contribution in [1.29, 1.82) is 0 Å². The lowest BCUT2D eigenvalue weighted by molar-refractivity contribution is 0.0586. The largest absolute Gasteiger partial charge is 0.500 e. The van der Waals surface area contributed by atoms with Crippen LogP contribution in [0.25, 0.3) is 0 Å². The average Bonchev–Trinajstić information content (AvgIpc) is 2.61. The maximum absolute atomic E-state index is 6.14. The van der Waals surface area contributed by atoms with Crippen molar-refractivity contribution in [3.63, 3.8) is 0 Å². The minimum absolute atomic E-state index is 0.751. The van der Waals surface area contributed by atoms with Crippen LogP contribution in [-0.2, 0) is 13.3 Å². The summed E-state index contributed by atoms with van der Waals surface area (Å²) in [5.74, 6) is 0. The van der Waals surface area contributed by atoms with Gasteiger partial charge in [-0.1, -0.05) is 59.3 Å². The second-order valence-corrected chi connectivity index (χ2v) is 9.33. The van der Waals surface area contributed by atoms with E-state index in [4.69, 9.17) is 19.0 Å². The fraction of sp³-hybridized carbons (Fsp3) is 1.00. The maximum atomic E-state index is 6.14. The molecular weight excluding hydrogens is 318 g/mol. The van der Waals surface area contributed by atoms with E-state index in [0.717, 1.165) is 58.1 Å². The van der Waals surface area contributed by atoms with E-state index in [1.54, 1.807) is 0 Å². The highest BCUT2D eigenvalue weighted by Gasteiger charge is 2.40. The van der Waals surface area contributed by atoms with Crippen LogP contribution in [0.15, 0.2) is 0 Å². The Bertz CT molecular complexity index is 233. The standard InChI is InChI=1S/C19H43NO3Si/c1-4-16-21-24(22-17-5-2,23-18-6-3)19-14-12-10-8-7-9-11-13-15-20/h4-20H2,1-3H3. The molecule has 146 valence electrons. The molecule has 0 radical (unpaired) electrons. The second kappa shape index (κ2) is 17.9. The van der Waals surface area contributed by atoms with Crippen molar-refractivity contribution in [2.75, 3.05) is 26.4 Å². The molecule has 4 nitrogen and oxygen atoms in total. The molecule has 0 saturated heterocycles. The molecule has 0 amide bonds. The first-order chi connectivity index (χ1) is 11.7. The molecule has 0 saturated carbocycles. The lowest BCUT2D eigenvalue weighted by Gasteiger charge is -2.29. The average molecular weight is 362 g/mol. The van der Waals surface area contributed by atoms with Gasteiger partial charge in [0.1, 0.15) is 0 Å². The molecule has 0 aromatic rings. The van der Waals surface area contributed by atoms with Gasteiger partial charge >= 0.3 is 8.80 Å². The van der Waals surface area contributed by atoms with Gasteiger partial charge in [0.15, 0.2) is 0 Å². The van der Waals surface area contributed by atoms with Crippen LogP contribution in [-0.4, -0.2) is 35.2 Å². The number of unbranched alkanes of at least 4 members (excludes halogenated alkanes) is 7. The first-order valence-electron chi connectivity index (χ1n) is 10.4. The molecule has 0 aliphatic rings. The second-order valence-electron chi connectivity index (χ2n) is 6.60. The van der Waals surface area contributed by atoms with Crippen LogP contribution in [0.3, 0.4) is 0 Å². The van der Waals surface area contributed by atoms with E-state index in [9.17, 15) is 0 Å². The number of hydrogen-bond acceptors (Lipinski definition) is 4. The minimum Gasteiger partial charge on any atom is -0.373 e. The Hall–Kier alpha value is 0.0569. The lowest BCUT2D eigenvalue weighted by atomic mass is 10.1. The Morgan fingerprint density at radius 2 is 0.958 bits per heavy atom. The van der Waals surface area contributed by atoms with Gasteiger partial charge in [-0.25, -0.2) is 0 Å². The highest BCUT2D eigenvalue weighted by atomic mass is 28.4. The SMILES string of the molecule is CCCO[Si](CCCCCCCCCCN)(OCCC)OCCC. The number of rotatable bonds is 19. The summed E-state index contributed by atoms with van der Waals surface area (Å²) in [6.45, 7) is 9.51. The van der Waals surface area contributed by atoms with E-state index in [2.05, 4.69) is 20.8 Å². The Morgan fingerprint density at radius 3 is 1.33 bits per heavy atom. The van der Waals surface area contributed by atoms with Gasteiger partial charge in [-0.2, -0.15) is 0 Å². The third-order valence-corrected chi connectivity index (χ3v) is 6.91. The zero-order valence-corrected chi connectivity index (χ0v) is 17.6. The highest BCUT2D eigenvalue weighted by Crippen LogP contribution is 2.22. The van der Waals surface area contributed by atoms with Crippen LogP contribution in [0, 0.1) is 0 Å². The number of nitrogens with two attached hydrogens (primary N) is 1. The molecule has 0 unspecified atom stereocenters. The van der Waals surface area contributed by atoms with Crippen molar-refractivity contribution in [2.45, 2.75) is 97.4 Å². The first kappa shape index (κ1) is 24.1. The molecule has 0 aromatic carbocycles. The van der Waals surface area contributed by atoms with E-state index in [0.29, 0.717) is 0 Å². The van der Waals surface area contributed by atoms with Gasteiger partial charge in [-0.05, 0) is 38.6 Å². The molecule has 0 atom stereocenters. The van der Waals surface area contributed by atoms with Gasteiger partial charge < -0.3 is 19.0 Å². The summed E-state index contributed by atoms with van der Waals surface area (Å²) in [5, 5.41) is 0. The zero-order valence-electron chi connectivity index (χ0n) is 16.6. The monoisotopic (exact) mass is 361 g/mol. The van der Waals surface area contributed by atoms with Crippen LogP contribution in [0.2, 0.25) is 6.04 Å². The summed E-state index contributed by atoms with van der Waals surface area (Å²) < 4.78 is 18.4. The summed E-state index contributed by atoms with van der Waals surface area (Å²) in [7, 11) is -2.46. The third kappa shape index (κ3) is 13.4. The summed E-state index contributed by atoms with van der Waals surface area (Å²) in [5.41, 5.74) is 5.52. The van der Waals surface area contributed by atoms with Crippen LogP contribution in [0.5, 0.6) is 0 Å². The molecule has 0 rings (SSSR count). The van der Waals surface area contributed by atoms with E-state index >= 15 is 0 Å². The van der Waals surface area contributed by atoms with E-state index in [-0.39, 0.29) is 0 Å². The van der Waals surface area contributed by atoms with Crippen molar-refractivity contribution in [3.05, 3.63) is 0 Å². The predicted molar refractivity (Wildman–Crippen MR) is 105 cm³/mol. The minimum atomic E-state index is -2.46. The van der Waals surface area contributed by atoms with Crippen molar-refractivity contribution < 1.29 is 13.3 Å². The maximum Gasteiger partial charge on any atom is 0.500 e. The summed E-state index contributed by atoms with van der Waals surface area (Å²) in [4.78, 5) is 0. The van der Waals surface area contributed by atoms with Crippen molar-refractivity contribution in [2.24, 2.45) is 5.73 Å². The summed E-state index contributed by atoms with van der Waals surface area (Å²) in [6.07, 6.45) is 13.2. The topological polar surface area (TPSA) is 53.7 Å². The van der Waals surface area contributed by atoms with Gasteiger partial charge in [0.05, 0.1) is 0 Å². The predicted octanol–water partition coefficient (Wildman–Crippen LogP) is 5.28. The zero-order chi connectivity index (χ0) is 17.9. The van der Waals surface area contributed by atoms with E-state index in [1.165, 1.54) is 44.9 Å².